The maximum atomic E-state index is 11.7. The number of Topliss-reactive ketones (excluding diaryl/α,β-unsaturated/α-hetero) is 1. The zero-order valence-corrected chi connectivity index (χ0v) is 14.6. The first-order chi connectivity index (χ1) is 12.6. The number of ketones is 1. The van der Waals surface area contributed by atoms with Gasteiger partial charge in [-0.05, 0) is 31.9 Å². The van der Waals surface area contributed by atoms with E-state index in [1.54, 1.807) is 24.3 Å². The second-order valence-corrected chi connectivity index (χ2v) is 6.31. The third kappa shape index (κ3) is 3.96. The largest absolute Gasteiger partial charge is 0.353 e. The molecule has 0 radical (unpaired) electrons. The standard InChI is InChI=1S/C18H21N5O3/c1-13(24)14-7-6-8-15(11-14)21-17-16(23(25)26)18(20-12-19-17)22-9-4-2-3-5-10-22/h6-8,11-12H,2-5,9-10H2,1H3,(H,19,20,21). The first kappa shape index (κ1) is 17.8. The first-order valence-corrected chi connectivity index (χ1v) is 8.68. The van der Waals surface area contributed by atoms with Crippen molar-refractivity contribution in [1.29, 1.82) is 0 Å². The summed E-state index contributed by atoms with van der Waals surface area (Å²) >= 11 is 0. The molecule has 0 saturated carbocycles. The SMILES string of the molecule is CC(=O)c1cccc(Nc2ncnc(N3CCCCCC3)c2[N+](=O)[O-])c1. The number of nitro groups is 1. The molecule has 1 N–H and O–H groups in total. The Morgan fingerprint density at radius 3 is 2.58 bits per heavy atom. The lowest BCUT2D eigenvalue weighted by Crippen LogP contribution is -2.26. The molecule has 1 fully saturated rings. The van der Waals surface area contributed by atoms with Gasteiger partial charge in [-0.25, -0.2) is 9.97 Å². The summed E-state index contributed by atoms with van der Waals surface area (Å²) in [4.78, 5) is 33.1. The van der Waals surface area contributed by atoms with Crippen molar-refractivity contribution in [2.24, 2.45) is 0 Å². The molecule has 1 aliphatic heterocycles. The molecule has 8 nitrogen and oxygen atoms in total. The number of carbonyl (C=O) groups excluding carboxylic acids is 1. The van der Waals surface area contributed by atoms with Gasteiger partial charge in [0.25, 0.3) is 0 Å². The predicted molar refractivity (Wildman–Crippen MR) is 99.1 cm³/mol. The molecule has 8 heteroatoms. The average molecular weight is 355 g/mol. The second-order valence-electron chi connectivity index (χ2n) is 6.31. The fraction of sp³-hybridized carbons (Fsp3) is 0.389. The van der Waals surface area contributed by atoms with Crippen molar-refractivity contribution in [3.63, 3.8) is 0 Å². The normalized spacial score (nSPS) is 14.6. The Kier molecular flexibility index (Phi) is 5.40. The summed E-state index contributed by atoms with van der Waals surface area (Å²) in [6.45, 7) is 2.97. The van der Waals surface area contributed by atoms with Gasteiger partial charge in [-0.1, -0.05) is 25.0 Å². The van der Waals surface area contributed by atoms with Gasteiger partial charge in [-0.15, -0.1) is 0 Å². The number of nitrogens with zero attached hydrogens (tertiary/aromatic N) is 4. The van der Waals surface area contributed by atoms with Gasteiger partial charge >= 0.3 is 5.69 Å². The highest BCUT2D eigenvalue weighted by Gasteiger charge is 2.27. The summed E-state index contributed by atoms with van der Waals surface area (Å²) in [6, 6.07) is 6.82. The lowest BCUT2D eigenvalue weighted by Gasteiger charge is -2.21. The quantitative estimate of drug-likeness (QED) is 0.495. The van der Waals surface area contributed by atoms with Crippen molar-refractivity contribution >= 4 is 28.8 Å². The number of aromatic nitrogens is 2. The summed E-state index contributed by atoms with van der Waals surface area (Å²) in [7, 11) is 0. The average Bonchev–Trinajstić information content (AvgIpc) is 2.91. The van der Waals surface area contributed by atoms with Crippen LogP contribution in [0.3, 0.4) is 0 Å². The first-order valence-electron chi connectivity index (χ1n) is 8.68. The molecule has 0 atom stereocenters. The van der Waals surface area contributed by atoms with Gasteiger partial charge in [0.1, 0.15) is 6.33 Å². The van der Waals surface area contributed by atoms with Gasteiger partial charge < -0.3 is 10.2 Å². The third-order valence-corrected chi connectivity index (χ3v) is 4.42. The molecule has 1 aliphatic rings. The molecule has 0 bridgehead atoms. The van der Waals surface area contributed by atoms with Crippen LogP contribution in [0.5, 0.6) is 0 Å². The van der Waals surface area contributed by atoms with E-state index >= 15 is 0 Å². The van der Waals surface area contributed by atoms with Crippen molar-refractivity contribution in [3.8, 4) is 0 Å². The number of benzene rings is 1. The van der Waals surface area contributed by atoms with Crippen LogP contribution in [0.1, 0.15) is 43.0 Å². The van der Waals surface area contributed by atoms with Crippen molar-refractivity contribution in [1.82, 2.24) is 9.97 Å². The van der Waals surface area contributed by atoms with Gasteiger partial charge in [0.15, 0.2) is 5.78 Å². The third-order valence-electron chi connectivity index (χ3n) is 4.42. The highest BCUT2D eigenvalue weighted by atomic mass is 16.6. The van der Waals surface area contributed by atoms with E-state index in [9.17, 15) is 14.9 Å². The van der Waals surface area contributed by atoms with Crippen LogP contribution < -0.4 is 10.2 Å². The molecular weight excluding hydrogens is 334 g/mol. The Bertz CT molecular complexity index is 816. The van der Waals surface area contributed by atoms with Crippen molar-refractivity contribution in [3.05, 3.63) is 46.3 Å². The molecule has 2 aromatic rings. The maximum absolute atomic E-state index is 11.7. The van der Waals surface area contributed by atoms with Crippen LogP contribution in [0.15, 0.2) is 30.6 Å². The number of carbonyl (C=O) groups is 1. The Balaban J connectivity index is 1.96. The smallest absolute Gasteiger partial charge is 0.351 e. The Morgan fingerprint density at radius 1 is 1.19 bits per heavy atom. The van der Waals surface area contributed by atoms with Crippen LogP contribution in [0, 0.1) is 10.1 Å². The summed E-state index contributed by atoms with van der Waals surface area (Å²) in [5, 5.41) is 14.7. The van der Waals surface area contributed by atoms with Crippen LogP contribution in [0.25, 0.3) is 0 Å². The zero-order chi connectivity index (χ0) is 18.5. The minimum atomic E-state index is -0.447. The van der Waals surface area contributed by atoms with Gasteiger partial charge in [0, 0.05) is 24.3 Å². The summed E-state index contributed by atoms with van der Waals surface area (Å²) in [6.07, 6.45) is 5.57. The minimum absolute atomic E-state index is 0.0731. The van der Waals surface area contributed by atoms with E-state index < -0.39 is 4.92 Å². The van der Waals surface area contributed by atoms with Crippen molar-refractivity contribution in [2.75, 3.05) is 23.3 Å². The van der Waals surface area contributed by atoms with E-state index in [0.717, 1.165) is 38.8 Å². The van der Waals surface area contributed by atoms with E-state index in [4.69, 9.17) is 0 Å². The molecule has 1 saturated heterocycles. The summed E-state index contributed by atoms with van der Waals surface area (Å²) in [5.41, 5.74) is 0.961. The topological polar surface area (TPSA) is 101 Å². The fourth-order valence-electron chi connectivity index (χ4n) is 3.10. The van der Waals surface area contributed by atoms with Gasteiger partial charge in [-0.3, -0.25) is 14.9 Å². The van der Waals surface area contributed by atoms with Gasteiger partial charge in [-0.2, -0.15) is 0 Å². The molecule has 1 aromatic carbocycles. The number of anilines is 3. The van der Waals surface area contributed by atoms with E-state index in [1.807, 2.05) is 4.90 Å². The molecule has 3 rings (SSSR count). The number of hydrogen-bond donors (Lipinski definition) is 1. The Morgan fingerprint density at radius 2 is 1.92 bits per heavy atom. The Labute approximate surface area is 151 Å². The summed E-state index contributed by atoms with van der Waals surface area (Å²) < 4.78 is 0. The zero-order valence-electron chi connectivity index (χ0n) is 14.6. The predicted octanol–water partition coefficient (Wildman–Crippen LogP) is 3.71. The molecule has 136 valence electrons. The van der Waals surface area contributed by atoms with Crippen LogP contribution in [-0.4, -0.2) is 33.8 Å². The van der Waals surface area contributed by atoms with Crippen LogP contribution in [0.2, 0.25) is 0 Å². The molecule has 2 heterocycles. The number of hydrogen-bond acceptors (Lipinski definition) is 7. The molecule has 0 amide bonds. The fourth-order valence-corrected chi connectivity index (χ4v) is 3.10. The molecule has 0 unspecified atom stereocenters. The Hall–Kier alpha value is -3.03. The molecular formula is C18H21N5O3. The highest BCUT2D eigenvalue weighted by Crippen LogP contribution is 2.34. The number of rotatable bonds is 5. The van der Waals surface area contributed by atoms with E-state index in [0.29, 0.717) is 17.1 Å². The van der Waals surface area contributed by atoms with Crippen molar-refractivity contribution in [2.45, 2.75) is 32.6 Å². The summed E-state index contributed by atoms with van der Waals surface area (Å²) in [5.74, 6) is 0.401. The van der Waals surface area contributed by atoms with Gasteiger partial charge in [0.2, 0.25) is 11.6 Å². The lowest BCUT2D eigenvalue weighted by molar-refractivity contribution is -0.383. The lowest BCUT2D eigenvalue weighted by atomic mass is 10.1. The molecule has 1 aromatic heterocycles. The van der Waals surface area contributed by atoms with Crippen LogP contribution >= 0.6 is 0 Å². The number of nitrogens with one attached hydrogen (secondary N) is 1. The van der Waals surface area contributed by atoms with E-state index in [1.165, 1.54) is 13.3 Å². The van der Waals surface area contributed by atoms with Gasteiger partial charge in [0.05, 0.1) is 4.92 Å². The van der Waals surface area contributed by atoms with Crippen LogP contribution in [0.4, 0.5) is 23.0 Å². The molecule has 26 heavy (non-hydrogen) atoms. The van der Waals surface area contributed by atoms with Crippen LogP contribution in [-0.2, 0) is 0 Å². The van der Waals surface area contributed by atoms with E-state index in [-0.39, 0.29) is 17.3 Å². The molecule has 0 aliphatic carbocycles. The maximum Gasteiger partial charge on any atom is 0.353 e. The second kappa shape index (κ2) is 7.90. The molecule has 0 spiro atoms. The monoisotopic (exact) mass is 355 g/mol. The van der Waals surface area contributed by atoms with E-state index in [2.05, 4.69) is 15.3 Å². The van der Waals surface area contributed by atoms with Crippen molar-refractivity contribution < 1.29 is 9.72 Å². The minimum Gasteiger partial charge on any atom is -0.351 e. The highest BCUT2D eigenvalue weighted by molar-refractivity contribution is 5.95.